The maximum Gasteiger partial charge on any atom is 0.144 e. The molecule has 0 N–H and O–H groups in total. The molecule has 0 bridgehead atoms. The lowest BCUT2D eigenvalue weighted by molar-refractivity contribution is 0.673. The van der Waals surface area contributed by atoms with Crippen LogP contribution in [0.15, 0.2) is 180 Å². The first kappa shape index (κ1) is 30.2. The highest BCUT2D eigenvalue weighted by Gasteiger charge is 2.18. The summed E-state index contributed by atoms with van der Waals surface area (Å²) in [6, 6.07) is 63.7. The van der Waals surface area contributed by atoms with Crippen molar-refractivity contribution in [3.05, 3.63) is 181 Å². The maximum atomic E-state index is 9.72. The van der Waals surface area contributed by atoms with Gasteiger partial charge in [-0.05, 0) is 82.9 Å². The summed E-state index contributed by atoms with van der Waals surface area (Å²) in [7, 11) is 0. The van der Waals surface area contributed by atoms with Gasteiger partial charge in [0.05, 0.1) is 33.9 Å². The van der Waals surface area contributed by atoms with Crippen LogP contribution in [0.25, 0.3) is 105 Å². The molecule has 4 heteroatoms. The predicted molar refractivity (Wildman–Crippen MR) is 222 cm³/mol. The van der Waals surface area contributed by atoms with Crippen molar-refractivity contribution in [1.29, 1.82) is 5.26 Å². The van der Waals surface area contributed by atoms with Gasteiger partial charge in [-0.1, -0.05) is 115 Å². The molecule has 0 fully saturated rings. The van der Waals surface area contributed by atoms with Crippen molar-refractivity contribution in [2.45, 2.75) is 0 Å². The molecular weight excluding hydrogens is 659 g/mol. The third kappa shape index (κ3) is 4.59. The van der Waals surface area contributed by atoms with Crippen molar-refractivity contribution in [3.8, 4) is 45.3 Å². The Morgan fingerprint density at radius 3 is 1.96 bits per heavy atom. The van der Waals surface area contributed by atoms with E-state index < -0.39 is 0 Å². The molecule has 0 radical (unpaired) electrons. The Kier molecular flexibility index (Phi) is 6.58. The fourth-order valence-electron chi connectivity index (χ4n) is 8.27. The van der Waals surface area contributed by atoms with Crippen molar-refractivity contribution in [3.63, 3.8) is 0 Å². The summed E-state index contributed by atoms with van der Waals surface area (Å²) in [6.45, 7) is 0. The third-order valence-electron chi connectivity index (χ3n) is 10.8. The summed E-state index contributed by atoms with van der Waals surface area (Å²) >= 11 is 0. The molecule has 8 aromatic carbocycles. The maximum absolute atomic E-state index is 9.72. The molecule has 0 aliphatic rings. The van der Waals surface area contributed by atoms with E-state index in [1.165, 1.54) is 0 Å². The second-order valence-electron chi connectivity index (χ2n) is 13.8. The monoisotopic (exact) mass is 687 g/mol. The first-order valence-corrected chi connectivity index (χ1v) is 18.1. The summed E-state index contributed by atoms with van der Waals surface area (Å²) in [4.78, 5) is 5.34. The second-order valence-corrected chi connectivity index (χ2v) is 13.8. The normalized spacial score (nSPS) is 11.7. The number of nitrogens with zero attached hydrogens (tertiary/aromatic N) is 3. The number of pyridine rings is 1. The van der Waals surface area contributed by atoms with Crippen LogP contribution in [-0.2, 0) is 0 Å². The van der Waals surface area contributed by atoms with Crippen molar-refractivity contribution >= 4 is 65.4 Å². The zero-order chi connectivity index (χ0) is 35.8. The molecule has 3 heterocycles. The predicted octanol–water partition coefficient (Wildman–Crippen LogP) is 13.3. The lowest BCUT2D eigenvalue weighted by Gasteiger charge is -2.13. The van der Waals surface area contributed by atoms with E-state index in [2.05, 4.69) is 138 Å². The van der Waals surface area contributed by atoms with Gasteiger partial charge in [-0.2, -0.15) is 5.26 Å². The SMILES string of the molecule is N#Cc1ccc2c3cc(-c4cccc(-c5ccc6c(c5)nc(-c5ccccc5)c5ccc7c8ccccc8oc7c56)c4)ccc3n(-c3ccccc3)c2c1. The Morgan fingerprint density at radius 1 is 0.463 bits per heavy atom. The summed E-state index contributed by atoms with van der Waals surface area (Å²) in [6.07, 6.45) is 0. The molecule has 54 heavy (non-hydrogen) atoms. The summed E-state index contributed by atoms with van der Waals surface area (Å²) in [5.74, 6) is 0. The minimum absolute atomic E-state index is 0.645. The van der Waals surface area contributed by atoms with Crippen LogP contribution in [0.2, 0.25) is 0 Å². The molecule has 0 spiro atoms. The molecular formula is C50H29N3O. The fourth-order valence-corrected chi connectivity index (χ4v) is 8.27. The number of aromatic nitrogens is 2. The number of hydrogen-bond donors (Lipinski definition) is 0. The number of fused-ring (bicyclic) bond motifs is 10. The smallest absolute Gasteiger partial charge is 0.144 e. The van der Waals surface area contributed by atoms with E-state index in [0.29, 0.717) is 5.56 Å². The van der Waals surface area contributed by atoms with Gasteiger partial charge in [-0.3, -0.25) is 0 Å². The van der Waals surface area contributed by atoms with Gasteiger partial charge in [0.25, 0.3) is 0 Å². The molecule has 0 atom stereocenters. The van der Waals surface area contributed by atoms with Crippen LogP contribution < -0.4 is 0 Å². The molecule has 0 aliphatic carbocycles. The zero-order valence-electron chi connectivity index (χ0n) is 29.0. The van der Waals surface area contributed by atoms with E-state index in [-0.39, 0.29) is 0 Å². The number of rotatable bonds is 4. The molecule has 11 aromatic rings. The molecule has 0 aliphatic heterocycles. The minimum Gasteiger partial charge on any atom is -0.455 e. The van der Waals surface area contributed by atoms with Crippen LogP contribution >= 0.6 is 0 Å². The summed E-state index contributed by atoms with van der Waals surface area (Å²) in [5, 5.41) is 17.4. The van der Waals surface area contributed by atoms with Crippen molar-refractivity contribution in [1.82, 2.24) is 9.55 Å². The van der Waals surface area contributed by atoms with Crippen molar-refractivity contribution < 1.29 is 4.42 Å². The lowest BCUT2D eigenvalue weighted by Crippen LogP contribution is -1.93. The average Bonchev–Trinajstić information content (AvgIpc) is 3.79. The number of hydrogen-bond acceptors (Lipinski definition) is 3. The Labute approximate surface area is 310 Å². The zero-order valence-corrected chi connectivity index (χ0v) is 29.0. The van der Waals surface area contributed by atoms with Crippen LogP contribution in [0.5, 0.6) is 0 Å². The Bertz CT molecular complexity index is 3330. The van der Waals surface area contributed by atoms with Gasteiger partial charge in [0.15, 0.2) is 0 Å². The van der Waals surface area contributed by atoms with E-state index in [9.17, 15) is 5.26 Å². The fraction of sp³-hybridized carbons (Fsp3) is 0. The van der Waals surface area contributed by atoms with Gasteiger partial charge in [0, 0.05) is 49.0 Å². The molecule has 0 amide bonds. The molecule has 0 saturated heterocycles. The quantitative estimate of drug-likeness (QED) is 0.173. The van der Waals surface area contributed by atoms with E-state index >= 15 is 0 Å². The standard InChI is InChI=1S/C50H29N3O/c51-30-31-18-21-38-43-28-35(20-25-45(43)53(46(38)26-31)37-14-5-2-6-15-37)33-12-9-13-34(27-33)36-19-22-41-44(29-36)52-49(32-10-3-1-4-11-32)42-24-23-40-39-16-7-8-17-47(39)54-50(40)48(41)42/h1-29H. The molecule has 0 unspecified atom stereocenters. The van der Waals surface area contributed by atoms with Crippen LogP contribution in [0.1, 0.15) is 5.56 Å². The van der Waals surface area contributed by atoms with E-state index in [1.807, 2.05) is 48.5 Å². The van der Waals surface area contributed by atoms with E-state index in [4.69, 9.17) is 9.40 Å². The highest BCUT2D eigenvalue weighted by atomic mass is 16.3. The average molecular weight is 688 g/mol. The third-order valence-corrected chi connectivity index (χ3v) is 10.8. The Morgan fingerprint density at radius 2 is 1.13 bits per heavy atom. The number of para-hydroxylation sites is 2. The minimum atomic E-state index is 0.645. The largest absolute Gasteiger partial charge is 0.455 e. The van der Waals surface area contributed by atoms with Gasteiger partial charge in [-0.15, -0.1) is 0 Å². The number of furan rings is 1. The summed E-state index contributed by atoms with van der Waals surface area (Å²) in [5.41, 5.74) is 13.0. The molecule has 250 valence electrons. The van der Waals surface area contributed by atoms with Gasteiger partial charge in [0.2, 0.25) is 0 Å². The van der Waals surface area contributed by atoms with Gasteiger partial charge in [-0.25, -0.2) is 4.98 Å². The lowest BCUT2D eigenvalue weighted by atomic mass is 9.94. The first-order chi connectivity index (χ1) is 26.7. The number of nitriles is 1. The van der Waals surface area contributed by atoms with Crippen LogP contribution in [0, 0.1) is 11.3 Å². The highest BCUT2D eigenvalue weighted by Crippen LogP contribution is 2.42. The summed E-state index contributed by atoms with van der Waals surface area (Å²) < 4.78 is 8.85. The first-order valence-electron chi connectivity index (χ1n) is 18.1. The van der Waals surface area contributed by atoms with Crippen molar-refractivity contribution in [2.24, 2.45) is 0 Å². The van der Waals surface area contributed by atoms with Gasteiger partial charge >= 0.3 is 0 Å². The second kappa shape index (κ2) is 11.8. The van der Waals surface area contributed by atoms with Crippen molar-refractivity contribution in [2.75, 3.05) is 0 Å². The topological polar surface area (TPSA) is 54.8 Å². The molecule has 11 rings (SSSR count). The van der Waals surface area contributed by atoms with Crippen LogP contribution in [-0.4, -0.2) is 9.55 Å². The van der Waals surface area contributed by atoms with E-state index in [0.717, 1.165) is 105 Å². The molecule has 4 nitrogen and oxygen atoms in total. The molecule has 0 saturated carbocycles. The molecule has 3 aromatic heterocycles. The highest BCUT2D eigenvalue weighted by molar-refractivity contribution is 6.25. The van der Waals surface area contributed by atoms with Gasteiger partial charge in [0.1, 0.15) is 11.2 Å². The van der Waals surface area contributed by atoms with Crippen LogP contribution in [0.3, 0.4) is 0 Å². The Hall–Kier alpha value is -7.48. The van der Waals surface area contributed by atoms with Gasteiger partial charge < -0.3 is 8.98 Å². The van der Waals surface area contributed by atoms with E-state index in [1.54, 1.807) is 0 Å². The Balaban J connectivity index is 1.08. The van der Waals surface area contributed by atoms with Crippen LogP contribution in [0.4, 0.5) is 0 Å². The number of benzene rings is 8.